The number of fused-ring (bicyclic) bond motifs is 1. The molecular weight excluding hydrogens is 272 g/mol. The quantitative estimate of drug-likeness (QED) is 0.804. The summed E-state index contributed by atoms with van der Waals surface area (Å²) in [6.07, 6.45) is 2.82. The molecular formula is C15H24N2O2S. The first kappa shape index (κ1) is 15.5. The normalized spacial score (nSPS) is 16.0. The topological polar surface area (TPSA) is 52.6 Å². The Bertz CT molecular complexity index is 433. The largest absolute Gasteiger partial charge is 0.396 e. The van der Waals surface area contributed by atoms with Gasteiger partial charge in [0.15, 0.2) is 0 Å². The van der Waals surface area contributed by atoms with Gasteiger partial charge in [0.25, 0.3) is 0 Å². The highest BCUT2D eigenvalue weighted by atomic mass is 32.1. The molecule has 5 heteroatoms. The van der Waals surface area contributed by atoms with E-state index in [4.69, 9.17) is 5.11 Å². The monoisotopic (exact) mass is 296 g/mol. The molecule has 1 atom stereocenters. The van der Waals surface area contributed by atoms with Gasteiger partial charge < -0.3 is 15.3 Å². The lowest BCUT2D eigenvalue weighted by molar-refractivity contribution is -0.131. The molecule has 0 saturated carbocycles. The summed E-state index contributed by atoms with van der Waals surface area (Å²) in [6.45, 7) is 5.14. The smallest absolute Gasteiger partial charge is 0.236 e. The predicted molar refractivity (Wildman–Crippen MR) is 81.8 cm³/mol. The number of rotatable bonds is 7. The van der Waals surface area contributed by atoms with Crippen molar-refractivity contribution in [2.24, 2.45) is 5.92 Å². The fourth-order valence-electron chi connectivity index (χ4n) is 2.59. The Hall–Kier alpha value is -0.910. The van der Waals surface area contributed by atoms with Gasteiger partial charge in [-0.2, -0.15) is 0 Å². The van der Waals surface area contributed by atoms with E-state index in [-0.39, 0.29) is 12.5 Å². The lowest BCUT2D eigenvalue weighted by Crippen LogP contribution is -2.41. The van der Waals surface area contributed by atoms with E-state index in [1.54, 1.807) is 11.3 Å². The highest BCUT2D eigenvalue weighted by Gasteiger charge is 2.21. The van der Waals surface area contributed by atoms with Gasteiger partial charge in [-0.05, 0) is 42.3 Å². The summed E-state index contributed by atoms with van der Waals surface area (Å²) in [6, 6.07) is 2.13. The van der Waals surface area contributed by atoms with Crippen LogP contribution in [0.3, 0.4) is 0 Å². The molecule has 0 aliphatic carbocycles. The Morgan fingerprint density at radius 3 is 3.20 bits per heavy atom. The van der Waals surface area contributed by atoms with Gasteiger partial charge in [-0.15, -0.1) is 11.3 Å². The molecule has 2 rings (SSSR count). The first-order valence-corrected chi connectivity index (χ1v) is 8.27. The van der Waals surface area contributed by atoms with Crippen LogP contribution >= 0.6 is 11.3 Å². The third-order valence-electron chi connectivity index (χ3n) is 3.98. The Morgan fingerprint density at radius 1 is 1.60 bits per heavy atom. The average molecular weight is 296 g/mol. The van der Waals surface area contributed by atoms with Crippen molar-refractivity contribution in [3.05, 3.63) is 21.9 Å². The summed E-state index contributed by atoms with van der Waals surface area (Å²) in [5, 5.41) is 14.3. The molecule has 112 valence electrons. The SMILES string of the molecule is CCC(CCO)CNCC(=O)N1CCc2sccc2C1. The highest BCUT2D eigenvalue weighted by Crippen LogP contribution is 2.23. The maximum Gasteiger partial charge on any atom is 0.236 e. The maximum atomic E-state index is 12.2. The van der Waals surface area contributed by atoms with Crippen LogP contribution in [0.1, 0.15) is 30.2 Å². The number of amides is 1. The van der Waals surface area contributed by atoms with Crippen molar-refractivity contribution >= 4 is 17.2 Å². The Morgan fingerprint density at radius 2 is 2.45 bits per heavy atom. The van der Waals surface area contributed by atoms with Crippen LogP contribution in [0.4, 0.5) is 0 Å². The Kier molecular flexibility index (Phi) is 6.01. The van der Waals surface area contributed by atoms with Gasteiger partial charge in [0.2, 0.25) is 5.91 Å². The first-order chi connectivity index (χ1) is 9.74. The van der Waals surface area contributed by atoms with Gasteiger partial charge in [0, 0.05) is 24.6 Å². The molecule has 0 fully saturated rings. The lowest BCUT2D eigenvalue weighted by atomic mass is 10.0. The standard InChI is InChI=1S/C15H24N2O2S/c1-2-12(4-7-18)9-16-10-15(19)17-6-3-14-13(11-17)5-8-20-14/h5,8,12,16,18H,2-4,6-7,9-11H2,1H3. The van der Waals surface area contributed by atoms with E-state index in [1.165, 1.54) is 10.4 Å². The number of thiophene rings is 1. The summed E-state index contributed by atoms with van der Waals surface area (Å²) < 4.78 is 0. The molecule has 0 aromatic carbocycles. The molecule has 0 bridgehead atoms. The number of hydrogen-bond donors (Lipinski definition) is 2. The third-order valence-corrected chi connectivity index (χ3v) is 5.01. The Labute approximate surface area is 124 Å². The van der Waals surface area contributed by atoms with Crippen LogP contribution in [0.2, 0.25) is 0 Å². The molecule has 1 aromatic heterocycles. The summed E-state index contributed by atoms with van der Waals surface area (Å²) >= 11 is 1.79. The van der Waals surface area contributed by atoms with Gasteiger partial charge in [-0.3, -0.25) is 4.79 Å². The van der Waals surface area contributed by atoms with Crippen LogP contribution in [-0.4, -0.2) is 42.2 Å². The molecule has 0 saturated heterocycles. The van der Waals surface area contributed by atoms with E-state index in [0.717, 1.165) is 38.9 Å². The second-order valence-electron chi connectivity index (χ2n) is 5.35. The molecule has 0 spiro atoms. The third kappa shape index (κ3) is 4.04. The van der Waals surface area contributed by atoms with Crippen LogP contribution < -0.4 is 5.32 Å². The zero-order chi connectivity index (χ0) is 14.4. The summed E-state index contributed by atoms with van der Waals surface area (Å²) in [5.41, 5.74) is 1.31. The van der Waals surface area contributed by atoms with Gasteiger partial charge in [-0.25, -0.2) is 0 Å². The number of hydrogen-bond acceptors (Lipinski definition) is 4. The number of nitrogens with one attached hydrogen (secondary N) is 1. The van der Waals surface area contributed by atoms with E-state index in [9.17, 15) is 4.79 Å². The molecule has 0 radical (unpaired) electrons. The molecule has 1 aliphatic rings. The van der Waals surface area contributed by atoms with Crippen LogP contribution in [0.5, 0.6) is 0 Å². The number of nitrogens with zero attached hydrogens (tertiary/aromatic N) is 1. The van der Waals surface area contributed by atoms with E-state index < -0.39 is 0 Å². The number of carbonyl (C=O) groups is 1. The van der Waals surface area contributed by atoms with Crippen molar-refractivity contribution in [1.82, 2.24) is 10.2 Å². The summed E-state index contributed by atoms with van der Waals surface area (Å²) in [4.78, 5) is 15.5. The van der Waals surface area contributed by atoms with Gasteiger partial charge in [0.1, 0.15) is 0 Å². The summed E-state index contributed by atoms with van der Waals surface area (Å²) in [7, 11) is 0. The van der Waals surface area contributed by atoms with Crippen LogP contribution in [0.15, 0.2) is 11.4 Å². The summed E-state index contributed by atoms with van der Waals surface area (Å²) in [5.74, 6) is 0.637. The fraction of sp³-hybridized carbons (Fsp3) is 0.667. The molecule has 1 aromatic rings. The van der Waals surface area contributed by atoms with Crippen molar-refractivity contribution < 1.29 is 9.90 Å². The Balaban J connectivity index is 1.73. The van der Waals surface area contributed by atoms with E-state index >= 15 is 0 Å². The van der Waals surface area contributed by atoms with Crippen molar-refractivity contribution in [2.45, 2.75) is 32.7 Å². The van der Waals surface area contributed by atoms with Gasteiger partial charge in [-0.1, -0.05) is 13.3 Å². The minimum Gasteiger partial charge on any atom is -0.396 e. The molecule has 2 heterocycles. The first-order valence-electron chi connectivity index (χ1n) is 7.39. The second kappa shape index (κ2) is 7.76. The maximum absolute atomic E-state index is 12.2. The lowest BCUT2D eigenvalue weighted by Gasteiger charge is -2.27. The number of aliphatic hydroxyl groups excluding tert-OH is 1. The zero-order valence-electron chi connectivity index (χ0n) is 12.1. The molecule has 4 nitrogen and oxygen atoms in total. The van der Waals surface area contributed by atoms with Crippen molar-refractivity contribution in [3.63, 3.8) is 0 Å². The van der Waals surface area contributed by atoms with Crippen LogP contribution in [0.25, 0.3) is 0 Å². The van der Waals surface area contributed by atoms with Gasteiger partial charge in [0.05, 0.1) is 6.54 Å². The van der Waals surface area contributed by atoms with Crippen LogP contribution in [0, 0.1) is 5.92 Å². The minimum atomic E-state index is 0.181. The van der Waals surface area contributed by atoms with E-state index in [2.05, 4.69) is 23.7 Å². The van der Waals surface area contributed by atoms with Gasteiger partial charge >= 0.3 is 0 Å². The second-order valence-corrected chi connectivity index (χ2v) is 6.35. The molecule has 1 aliphatic heterocycles. The van der Waals surface area contributed by atoms with Crippen molar-refractivity contribution in [3.8, 4) is 0 Å². The molecule has 1 amide bonds. The zero-order valence-corrected chi connectivity index (χ0v) is 12.9. The van der Waals surface area contributed by atoms with Crippen LogP contribution in [-0.2, 0) is 17.8 Å². The van der Waals surface area contributed by atoms with E-state index in [0.29, 0.717) is 12.5 Å². The number of aliphatic hydroxyl groups is 1. The predicted octanol–water partition coefficient (Wildman–Crippen LogP) is 1.63. The molecule has 2 N–H and O–H groups in total. The fourth-order valence-corrected chi connectivity index (χ4v) is 3.48. The average Bonchev–Trinajstić information content (AvgIpc) is 2.93. The van der Waals surface area contributed by atoms with E-state index in [1.807, 2.05) is 4.90 Å². The minimum absolute atomic E-state index is 0.181. The molecule has 20 heavy (non-hydrogen) atoms. The van der Waals surface area contributed by atoms with Crippen molar-refractivity contribution in [2.75, 3.05) is 26.2 Å². The number of carbonyl (C=O) groups excluding carboxylic acids is 1. The highest BCUT2D eigenvalue weighted by molar-refractivity contribution is 7.10. The molecule has 1 unspecified atom stereocenters. The van der Waals surface area contributed by atoms with Crippen molar-refractivity contribution in [1.29, 1.82) is 0 Å².